The molecule has 1 aromatic heterocycles. The van der Waals surface area contributed by atoms with Crippen molar-refractivity contribution in [3.8, 4) is 0 Å². The van der Waals surface area contributed by atoms with Gasteiger partial charge in [0.05, 0.1) is 4.90 Å². The monoisotopic (exact) mass is 311 g/mol. The smallest absolute Gasteiger partial charge is 0.251 e. The standard InChI is InChI=1S/C14H15F2N3OS/c1-2-9(17)5-8-6-10(15)13(11(16)7-8)21-14-18-4-3-12(20)19-14/h3-4,6-7,9H,2,5,17H2,1H3,(H,18,19,20). The van der Waals surface area contributed by atoms with E-state index >= 15 is 0 Å². The minimum absolute atomic E-state index is 0.130. The van der Waals surface area contributed by atoms with Gasteiger partial charge in [0.15, 0.2) is 5.16 Å². The van der Waals surface area contributed by atoms with Gasteiger partial charge in [-0.2, -0.15) is 0 Å². The maximum Gasteiger partial charge on any atom is 0.251 e. The Morgan fingerprint density at radius 1 is 1.38 bits per heavy atom. The molecule has 0 fully saturated rings. The number of hydrogen-bond donors (Lipinski definition) is 2. The van der Waals surface area contributed by atoms with E-state index in [1.807, 2.05) is 6.92 Å². The Labute approximate surface area is 124 Å². The van der Waals surface area contributed by atoms with Gasteiger partial charge >= 0.3 is 0 Å². The van der Waals surface area contributed by atoms with Gasteiger partial charge in [0.2, 0.25) is 0 Å². The maximum absolute atomic E-state index is 14.0. The van der Waals surface area contributed by atoms with Crippen LogP contribution in [0.1, 0.15) is 18.9 Å². The van der Waals surface area contributed by atoms with Crippen molar-refractivity contribution < 1.29 is 8.78 Å². The van der Waals surface area contributed by atoms with Crippen molar-refractivity contribution >= 4 is 11.8 Å². The Morgan fingerprint density at radius 3 is 2.62 bits per heavy atom. The van der Waals surface area contributed by atoms with Crippen LogP contribution in [-0.4, -0.2) is 16.0 Å². The van der Waals surface area contributed by atoms with Crippen molar-refractivity contribution in [3.05, 3.63) is 51.9 Å². The fourth-order valence-corrected chi connectivity index (χ4v) is 2.55. The third kappa shape index (κ3) is 4.12. The molecule has 0 radical (unpaired) electrons. The molecule has 0 aliphatic heterocycles. The first-order valence-corrected chi connectivity index (χ1v) is 7.28. The van der Waals surface area contributed by atoms with Crippen LogP contribution < -0.4 is 11.3 Å². The van der Waals surface area contributed by atoms with Crippen LogP contribution in [0.2, 0.25) is 0 Å². The molecule has 1 atom stereocenters. The molecule has 112 valence electrons. The van der Waals surface area contributed by atoms with Gasteiger partial charge in [0.1, 0.15) is 11.6 Å². The van der Waals surface area contributed by atoms with Crippen molar-refractivity contribution in [2.24, 2.45) is 5.73 Å². The number of halogens is 2. The number of nitrogens with one attached hydrogen (secondary N) is 1. The molecule has 1 unspecified atom stereocenters. The first-order valence-electron chi connectivity index (χ1n) is 6.46. The lowest BCUT2D eigenvalue weighted by Gasteiger charge is -2.11. The Hall–Kier alpha value is -1.73. The zero-order valence-corrected chi connectivity index (χ0v) is 12.2. The Balaban J connectivity index is 2.27. The number of hydrogen-bond acceptors (Lipinski definition) is 4. The average Bonchev–Trinajstić information content (AvgIpc) is 2.43. The van der Waals surface area contributed by atoms with Crippen LogP contribution in [0.15, 0.2) is 39.2 Å². The molecule has 0 saturated carbocycles. The van der Waals surface area contributed by atoms with Gasteiger partial charge < -0.3 is 10.7 Å². The number of benzene rings is 1. The third-order valence-corrected chi connectivity index (χ3v) is 3.92. The number of aromatic nitrogens is 2. The summed E-state index contributed by atoms with van der Waals surface area (Å²) in [4.78, 5) is 17.2. The summed E-state index contributed by atoms with van der Waals surface area (Å²) in [6.07, 6.45) is 2.43. The first kappa shape index (κ1) is 15.7. The van der Waals surface area contributed by atoms with E-state index in [0.717, 1.165) is 18.2 Å². The van der Waals surface area contributed by atoms with Gasteiger partial charge in [-0.3, -0.25) is 4.79 Å². The predicted molar refractivity (Wildman–Crippen MR) is 77.3 cm³/mol. The van der Waals surface area contributed by atoms with Crippen LogP contribution in [0.4, 0.5) is 8.78 Å². The van der Waals surface area contributed by atoms with Crippen LogP contribution in [-0.2, 0) is 6.42 Å². The van der Waals surface area contributed by atoms with Crippen molar-refractivity contribution in [2.75, 3.05) is 0 Å². The van der Waals surface area contributed by atoms with Gasteiger partial charge in [-0.05, 0) is 42.3 Å². The first-order chi connectivity index (χ1) is 9.99. The minimum atomic E-state index is -0.690. The second-order valence-corrected chi connectivity index (χ2v) is 5.60. The van der Waals surface area contributed by atoms with Crippen LogP contribution in [0, 0.1) is 11.6 Å². The van der Waals surface area contributed by atoms with Gasteiger partial charge in [-0.15, -0.1) is 0 Å². The molecular formula is C14H15F2N3OS. The molecule has 0 aliphatic rings. The second-order valence-electron chi connectivity index (χ2n) is 4.60. The van der Waals surface area contributed by atoms with Crippen molar-refractivity contribution in [1.82, 2.24) is 9.97 Å². The minimum Gasteiger partial charge on any atom is -0.327 e. The van der Waals surface area contributed by atoms with Gasteiger partial charge in [-0.1, -0.05) is 6.92 Å². The number of aromatic amines is 1. The summed E-state index contributed by atoms with van der Waals surface area (Å²) in [6.45, 7) is 1.92. The number of nitrogens with zero attached hydrogens (tertiary/aromatic N) is 1. The second kappa shape index (κ2) is 6.82. The zero-order valence-electron chi connectivity index (χ0n) is 11.4. The molecule has 1 aromatic carbocycles. The van der Waals surface area contributed by atoms with Crippen LogP contribution in [0.3, 0.4) is 0 Å². The number of rotatable bonds is 5. The summed E-state index contributed by atoms with van der Waals surface area (Å²) in [7, 11) is 0. The van der Waals surface area contributed by atoms with Crippen molar-refractivity contribution in [2.45, 2.75) is 35.9 Å². The Morgan fingerprint density at radius 2 is 2.05 bits per heavy atom. The summed E-state index contributed by atoms with van der Waals surface area (Å²) in [6, 6.07) is 3.63. The van der Waals surface area contributed by atoms with E-state index in [1.165, 1.54) is 24.4 Å². The summed E-state index contributed by atoms with van der Waals surface area (Å²) in [5, 5.41) is 0.137. The number of nitrogens with two attached hydrogens (primary N) is 1. The van der Waals surface area contributed by atoms with E-state index in [1.54, 1.807) is 0 Å². The van der Waals surface area contributed by atoms with E-state index in [2.05, 4.69) is 9.97 Å². The molecule has 0 spiro atoms. The Bertz CT molecular complexity index is 667. The molecule has 2 rings (SSSR count). The van der Waals surface area contributed by atoms with Crippen LogP contribution in [0.5, 0.6) is 0 Å². The largest absolute Gasteiger partial charge is 0.327 e. The molecule has 3 N–H and O–H groups in total. The molecule has 4 nitrogen and oxygen atoms in total. The zero-order chi connectivity index (χ0) is 15.4. The molecule has 0 saturated heterocycles. The maximum atomic E-state index is 14.0. The molecule has 0 amide bonds. The lowest BCUT2D eigenvalue weighted by atomic mass is 10.0. The molecule has 21 heavy (non-hydrogen) atoms. The molecule has 0 aliphatic carbocycles. The number of H-pyrrole nitrogens is 1. The highest BCUT2D eigenvalue weighted by Gasteiger charge is 2.15. The van der Waals surface area contributed by atoms with Crippen molar-refractivity contribution in [3.63, 3.8) is 0 Å². The predicted octanol–water partition coefficient (Wildman–Crippen LogP) is 2.48. The molecule has 7 heteroatoms. The van der Waals surface area contributed by atoms with Gasteiger partial charge in [0.25, 0.3) is 5.56 Å². The summed E-state index contributed by atoms with van der Waals surface area (Å²) in [5.41, 5.74) is 5.92. The highest BCUT2D eigenvalue weighted by atomic mass is 32.2. The lowest BCUT2D eigenvalue weighted by Crippen LogP contribution is -2.21. The summed E-state index contributed by atoms with van der Waals surface area (Å²) >= 11 is 0.740. The SMILES string of the molecule is CCC(N)Cc1cc(F)c(Sc2nccc(=O)[nH]2)c(F)c1. The van der Waals surface area contributed by atoms with Crippen LogP contribution >= 0.6 is 11.8 Å². The summed E-state index contributed by atoms with van der Waals surface area (Å²) < 4.78 is 28.1. The highest BCUT2D eigenvalue weighted by molar-refractivity contribution is 7.99. The topological polar surface area (TPSA) is 71.8 Å². The summed E-state index contributed by atoms with van der Waals surface area (Å²) in [5.74, 6) is -1.38. The van der Waals surface area contributed by atoms with Crippen molar-refractivity contribution in [1.29, 1.82) is 0 Å². The van der Waals surface area contributed by atoms with E-state index in [0.29, 0.717) is 12.0 Å². The highest BCUT2D eigenvalue weighted by Crippen LogP contribution is 2.30. The normalized spacial score (nSPS) is 12.4. The Kier molecular flexibility index (Phi) is 5.08. The molecule has 1 heterocycles. The van der Waals surface area contributed by atoms with E-state index in [9.17, 15) is 13.6 Å². The quantitative estimate of drug-likeness (QED) is 0.832. The van der Waals surface area contributed by atoms with Crippen LogP contribution in [0.25, 0.3) is 0 Å². The van der Waals surface area contributed by atoms with Gasteiger partial charge in [-0.25, -0.2) is 13.8 Å². The molecule has 0 bridgehead atoms. The van der Waals surface area contributed by atoms with E-state index in [-0.39, 0.29) is 21.7 Å². The lowest BCUT2D eigenvalue weighted by molar-refractivity contribution is 0.533. The third-order valence-electron chi connectivity index (χ3n) is 2.93. The molecule has 2 aromatic rings. The molecular weight excluding hydrogens is 296 g/mol. The average molecular weight is 311 g/mol. The van der Waals surface area contributed by atoms with Gasteiger partial charge in [0, 0.05) is 18.3 Å². The van der Waals surface area contributed by atoms with E-state index in [4.69, 9.17) is 5.73 Å². The van der Waals surface area contributed by atoms with E-state index < -0.39 is 11.6 Å². The fraction of sp³-hybridized carbons (Fsp3) is 0.286. The fourth-order valence-electron chi connectivity index (χ4n) is 1.78.